The molecule has 0 aliphatic carbocycles. The molecule has 1 fully saturated rings. The van der Waals surface area contributed by atoms with Gasteiger partial charge in [-0.05, 0) is 37.4 Å². The van der Waals surface area contributed by atoms with E-state index in [9.17, 15) is 4.79 Å². The summed E-state index contributed by atoms with van der Waals surface area (Å²) in [4.78, 5) is 12.3. The van der Waals surface area contributed by atoms with Crippen LogP contribution in [0.5, 0.6) is 5.75 Å². The zero-order chi connectivity index (χ0) is 13.7. The largest absolute Gasteiger partial charge is 0.496 e. The molecule has 1 N–H and O–H groups in total. The van der Waals surface area contributed by atoms with Crippen molar-refractivity contribution in [2.24, 2.45) is 5.92 Å². The summed E-state index contributed by atoms with van der Waals surface area (Å²) in [7, 11) is 1.66. The number of ether oxygens (including phenoxy) is 1. The van der Waals surface area contributed by atoms with E-state index in [0.717, 1.165) is 43.7 Å². The smallest absolute Gasteiger partial charge is 0.141 e. The SMILES string of the molecule is CCc1ccc(OC)c(CC(=O)C2CCCNC2)c1. The molecule has 3 nitrogen and oxygen atoms in total. The molecule has 19 heavy (non-hydrogen) atoms. The molecule has 0 bridgehead atoms. The van der Waals surface area contributed by atoms with Gasteiger partial charge in [0.1, 0.15) is 11.5 Å². The van der Waals surface area contributed by atoms with Crippen LogP contribution in [-0.4, -0.2) is 26.0 Å². The highest BCUT2D eigenvalue weighted by molar-refractivity contribution is 5.84. The Labute approximate surface area is 115 Å². The van der Waals surface area contributed by atoms with E-state index in [1.807, 2.05) is 6.07 Å². The molecule has 0 aromatic heterocycles. The summed E-state index contributed by atoms with van der Waals surface area (Å²) >= 11 is 0. The molecular weight excluding hydrogens is 238 g/mol. The first kappa shape index (κ1) is 14.1. The van der Waals surface area contributed by atoms with Gasteiger partial charge in [-0.3, -0.25) is 4.79 Å². The molecule has 1 unspecified atom stereocenters. The van der Waals surface area contributed by atoms with E-state index in [2.05, 4.69) is 24.4 Å². The Morgan fingerprint density at radius 2 is 2.32 bits per heavy atom. The third-order valence-corrected chi connectivity index (χ3v) is 3.87. The van der Waals surface area contributed by atoms with Crippen LogP contribution in [0.1, 0.15) is 30.9 Å². The van der Waals surface area contributed by atoms with Crippen molar-refractivity contribution >= 4 is 5.78 Å². The van der Waals surface area contributed by atoms with E-state index >= 15 is 0 Å². The Hall–Kier alpha value is -1.35. The van der Waals surface area contributed by atoms with E-state index in [1.54, 1.807) is 7.11 Å². The topological polar surface area (TPSA) is 38.3 Å². The Bertz CT molecular complexity index is 436. The third-order valence-electron chi connectivity index (χ3n) is 3.87. The number of benzene rings is 1. The van der Waals surface area contributed by atoms with Gasteiger partial charge >= 0.3 is 0 Å². The van der Waals surface area contributed by atoms with Gasteiger partial charge < -0.3 is 10.1 Å². The second-order valence-electron chi connectivity index (χ2n) is 5.19. The number of hydrogen-bond acceptors (Lipinski definition) is 3. The van der Waals surface area contributed by atoms with Gasteiger partial charge in [-0.25, -0.2) is 0 Å². The lowest BCUT2D eigenvalue weighted by atomic mass is 9.90. The minimum atomic E-state index is 0.170. The summed E-state index contributed by atoms with van der Waals surface area (Å²) in [6.07, 6.45) is 3.59. The van der Waals surface area contributed by atoms with Crippen molar-refractivity contribution in [1.29, 1.82) is 0 Å². The zero-order valence-electron chi connectivity index (χ0n) is 11.9. The Morgan fingerprint density at radius 3 is 2.95 bits per heavy atom. The number of nitrogens with one attached hydrogen (secondary N) is 1. The summed E-state index contributed by atoms with van der Waals surface area (Å²) in [5, 5.41) is 3.30. The molecule has 1 aliphatic rings. The van der Waals surface area contributed by atoms with E-state index < -0.39 is 0 Å². The molecule has 0 spiro atoms. The summed E-state index contributed by atoms with van der Waals surface area (Å²) < 4.78 is 5.37. The Balaban J connectivity index is 2.10. The summed E-state index contributed by atoms with van der Waals surface area (Å²) in [6.45, 7) is 3.99. The first-order chi connectivity index (χ1) is 9.24. The fourth-order valence-electron chi connectivity index (χ4n) is 2.65. The number of hydrogen-bond donors (Lipinski definition) is 1. The number of methoxy groups -OCH3 is 1. The van der Waals surface area contributed by atoms with Crippen molar-refractivity contribution in [3.63, 3.8) is 0 Å². The Morgan fingerprint density at radius 1 is 1.47 bits per heavy atom. The summed E-state index contributed by atoms with van der Waals surface area (Å²) in [6, 6.07) is 6.14. The number of carbonyl (C=O) groups excluding carboxylic acids is 1. The third kappa shape index (κ3) is 3.57. The summed E-state index contributed by atoms with van der Waals surface area (Å²) in [5.74, 6) is 1.33. The Kier molecular flexibility index (Phi) is 4.97. The number of aryl methyl sites for hydroxylation is 1. The minimum Gasteiger partial charge on any atom is -0.496 e. The minimum absolute atomic E-state index is 0.170. The van der Waals surface area contributed by atoms with Gasteiger partial charge in [0.05, 0.1) is 7.11 Å². The predicted molar refractivity (Wildman–Crippen MR) is 76.7 cm³/mol. The van der Waals surface area contributed by atoms with Crippen LogP contribution >= 0.6 is 0 Å². The van der Waals surface area contributed by atoms with Crippen molar-refractivity contribution < 1.29 is 9.53 Å². The quantitative estimate of drug-likeness (QED) is 0.884. The highest BCUT2D eigenvalue weighted by Crippen LogP contribution is 2.23. The fraction of sp³-hybridized carbons (Fsp3) is 0.562. The van der Waals surface area contributed by atoms with Crippen LogP contribution in [0.2, 0.25) is 0 Å². The molecule has 3 heteroatoms. The summed E-state index contributed by atoms with van der Waals surface area (Å²) in [5.41, 5.74) is 2.28. The average molecular weight is 261 g/mol. The van der Waals surface area contributed by atoms with Crippen molar-refractivity contribution in [3.8, 4) is 5.75 Å². The van der Waals surface area contributed by atoms with Gasteiger partial charge in [0, 0.05) is 24.4 Å². The molecule has 1 aromatic rings. The molecule has 104 valence electrons. The second-order valence-corrected chi connectivity index (χ2v) is 5.19. The van der Waals surface area contributed by atoms with E-state index in [0.29, 0.717) is 12.2 Å². The second kappa shape index (κ2) is 6.71. The molecule has 0 amide bonds. The molecule has 1 heterocycles. The zero-order valence-corrected chi connectivity index (χ0v) is 11.9. The molecule has 1 saturated heterocycles. The lowest BCUT2D eigenvalue weighted by Gasteiger charge is -2.22. The monoisotopic (exact) mass is 261 g/mol. The highest BCUT2D eigenvalue weighted by Gasteiger charge is 2.22. The van der Waals surface area contributed by atoms with Crippen LogP contribution in [0, 0.1) is 5.92 Å². The average Bonchev–Trinajstić information content (AvgIpc) is 2.48. The predicted octanol–water partition coefficient (Wildman–Crippen LogP) is 2.37. The van der Waals surface area contributed by atoms with Gasteiger partial charge in [-0.1, -0.05) is 19.1 Å². The lowest BCUT2D eigenvalue weighted by molar-refractivity contribution is -0.122. The first-order valence-electron chi connectivity index (χ1n) is 7.13. The van der Waals surface area contributed by atoms with Crippen LogP contribution < -0.4 is 10.1 Å². The molecule has 1 aliphatic heterocycles. The number of piperidine rings is 1. The molecule has 2 rings (SSSR count). The maximum atomic E-state index is 12.3. The van der Waals surface area contributed by atoms with Gasteiger partial charge in [0.15, 0.2) is 0 Å². The van der Waals surface area contributed by atoms with Crippen molar-refractivity contribution in [2.45, 2.75) is 32.6 Å². The number of rotatable bonds is 5. The molecule has 0 radical (unpaired) electrons. The van der Waals surface area contributed by atoms with E-state index in [-0.39, 0.29) is 5.92 Å². The van der Waals surface area contributed by atoms with Crippen LogP contribution in [0.3, 0.4) is 0 Å². The van der Waals surface area contributed by atoms with Crippen molar-refractivity contribution in [1.82, 2.24) is 5.32 Å². The fourth-order valence-corrected chi connectivity index (χ4v) is 2.65. The molecule has 0 saturated carbocycles. The highest BCUT2D eigenvalue weighted by atomic mass is 16.5. The van der Waals surface area contributed by atoms with Gasteiger partial charge in [0.2, 0.25) is 0 Å². The van der Waals surface area contributed by atoms with E-state index in [1.165, 1.54) is 5.56 Å². The van der Waals surface area contributed by atoms with Crippen molar-refractivity contribution in [3.05, 3.63) is 29.3 Å². The number of Topliss-reactive ketones (excluding diaryl/α,β-unsaturated/α-hetero) is 1. The number of ketones is 1. The maximum absolute atomic E-state index is 12.3. The van der Waals surface area contributed by atoms with Gasteiger partial charge in [-0.2, -0.15) is 0 Å². The van der Waals surface area contributed by atoms with Crippen molar-refractivity contribution in [2.75, 3.05) is 20.2 Å². The van der Waals surface area contributed by atoms with E-state index in [4.69, 9.17) is 4.74 Å². The van der Waals surface area contributed by atoms with Crippen LogP contribution in [0.15, 0.2) is 18.2 Å². The van der Waals surface area contributed by atoms with Crippen LogP contribution in [-0.2, 0) is 17.6 Å². The molecular formula is C16H23NO2. The first-order valence-corrected chi connectivity index (χ1v) is 7.13. The lowest BCUT2D eigenvalue weighted by Crippen LogP contribution is -2.35. The molecule has 1 atom stereocenters. The number of carbonyl (C=O) groups is 1. The van der Waals surface area contributed by atoms with Gasteiger partial charge in [0.25, 0.3) is 0 Å². The van der Waals surface area contributed by atoms with Crippen LogP contribution in [0.4, 0.5) is 0 Å². The standard InChI is InChI=1S/C16H23NO2/c1-3-12-6-7-16(19-2)14(9-12)10-15(18)13-5-4-8-17-11-13/h6-7,9,13,17H,3-5,8,10-11H2,1-2H3. The normalized spacial score (nSPS) is 19.2. The maximum Gasteiger partial charge on any atom is 0.141 e. The van der Waals surface area contributed by atoms with Crippen LogP contribution in [0.25, 0.3) is 0 Å². The molecule has 1 aromatic carbocycles. The van der Waals surface area contributed by atoms with Gasteiger partial charge in [-0.15, -0.1) is 0 Å².